The number of methoxy groups -OCH3 is 1. The first-order chi connectivity index (χ1) is 11.2. The van der Waals surface area contributed by atoms with E-state index in [4.69, 9.17) is 4.74 Å². The highest BCUT2D eigenvalue weighted by molar-refractivity contribution is 5.97. The lowest BCUT2D eigenvalue weighted by Crippen LogP contribution is -2.49. The lowest BCUT2D eigenvalue weighted by atomic mass is 10.1. The summed E-state index contributed by atoms with van der Waals surface area (Å²) in [5.74, 6) is 1.35. The number of rotatable bonds is 3. The standard InChI is InChI=1S/C17H20N4O2/c1-13-4-5-15(23-2)14(12-13)16(22)20-8-10-21(11-9-20)17-18-6-3-7-19-17/h3-7,12H,8-11H2,1-2H3. The van der Waals surface area contributed by atoms with Gasteiger partial charge in [0.2, 0.25) is 5.95 Å². The first-order valence-corrected chi connectivity index (χ1v) is 7.65. The number of aromatic nitrogens is 2. The zero-order valence-electron chi connectivity index (χ0n) is 13.4. The molecule has 0 aliphatic carbocycles. The number of ether oxygens (including phenoxy) is 1. The average molecular weight is 312 g/mol. The molecule has 0 bridgehead atoms. The molecule has 6 nitrogen and oxygen atoms in total. The van der Waals surface area contributed by atoms with E-state index in [1.807, 2.05) is 30.0 Å². The number of nitrogens with zero attached hydrogens (tertiary/aromatic N) is 4. The molecule has 0 radical (unpaired) electrons. The summed E-state index contributed by atoms with van der Waals surface area (Å²) in [4.78, 5) is 25.2. The maximum atomic E-state index is 12.8. The van der Waals surface area contributed by atoms with Crippen molar-refractivity contribution in [3.63, 3.8) is 0 Å². The number of aryl methyl sites for hydroxylation is 1. The maximum Gasteiger partial charge on any atom is 0.257 e. The lowest BCUT2D eigenvalue weighted by molar-refractivity contribution is 0.0742. The minimum absolute atomic E-state index is 0.0131. The third kappa shape index (κ3) is 3.26. The van der Waals surface area contributed by atoms with E-state index in [1.54, 1.807) is 25.6 Å². The molecule has 1 fully saturated rings. The Hall–Kier alpha value is -2.63. The summed E-state index contributed by atoms with van der Waals surface area (Å²) in [6, 6.07) is 7.47. The number of anilines is 1. The minimum atomic E-state index is 0.0131. The van der Waals surface area contributed by atoms with Gasteiger partial charge in [-0.25, -0.2) is 9.97 Å². The quantitative estimate of drug-likeness (QED) is 0.864. The molecule has 1 saturated heterocycles. The van der Waals surface area contributed by atoms with Crippen LogP contribution in [0.4, 0.5) is 5.95 Å². The molecule has 1 amide bonds. The molecule has 2 aromatic rings. The molecular formula is C17H20N4O2. The highest BCUT2D eigenvalue weighted by Crippen LogP contribution is 2.22. The Morgan fingerprint density at radius 3 is 2.48 bits per heavy atom. The first-order valence-electron chi connectivity index (χ1n) is 7.65. The molecule has 0 unspecified atom stereocenters. The Kier molecular flexibility index (Phi) is 4.41. The van der Waals surface area contributed by atoms with Crippen molar-refractivity contribution in [2.75, 3.05) is 38.2 Å². The summed E-state index contributed by atoms with van der Waals surface area (Å²) in [5.41, 5.74) is 1.67. The second-order valence-electron chi connectivity index (χ2n) is 5.53. The average Bonchev–Trinajstić information content (AvgIpc) is 2.62. The van der Waals surface area contributed by atoms with Crippen molar-refractivity contribution in [1.29, 1.82) is 0 Å². The molecule has 0 atom stereocenters. The van der Waals surface area contributed by atoms with Crippen molar-refractivity contribution in [3.8, 4) is 5.75 Å². The maximum absolute atomic E-state index is 12.8. The highest BCUT2D eigenvalue weighted by Gasteiger charge is 2.25. The van der Waals surface area contributed by atoms with Crippen LogP contribution in [0.15, 0.2) is 36.7 Å². The van der Waals surface area contributed by atoms with E-state index in [-0.39, 0.29) is 5.91 Å². The van der Waals surface area contributed by atoms with Crippen LogP contribution >= 0.6 is 0 Å². The van der Waals surface area contributed by atoms with Gasteiger partial charge in [-0.05, 0) is 25.1 Å². The number of piperazine rings is 1. The van der Waals surface area contributed by atoms with Crippen LogP contribution in [0.3, 0.4) is 0 Å². The van der Waals surface area contributed by atoms with Crippen LogP contribution < -0.4 is 9.64 Å². The van der Waals surface area contributed by atoms with Gasteiger partial charge < -0.3 is 14.5 Å². The van der Waals surface area contributed by atoms with Gasteiger partial charge in [-0.1, -0.05) is 11.6 Å². The van der Waals surface area contributed by atoms with Gasteiger partial charge in [-0.2, -0.15) is 0 Å². The Bertz CT molecular complexity index is 682. The minimum Gasteiger partial charge on any atom is -0.496 e. The molecule has 3 rings (SSSR count). The number of benzene rings is 1. The zero-order chi connectivity index (χ0) is 16.2. The van der Waals surface area contributed by atoms with E-state index >= 15 is 0 Å². The SMILES string of the molecule is COc1ccc(C)cc1C(=O)N1CCN(c2ncccn2)CC1. The van der Waals surface area contributed by atoms with Crippen LogP contribution in [0.25, 0.3) is 0 Å². The topological polar surface area (TPSA) is 58.6 Å². The summed E-state index contributed by atoms with van der Waals surface area (Å²) < 4.78 is 5.32. The van der Waals surface area contributed by atoms with Gasteiger partial charge in [-0.15, -0.1) is 0 Å². The van der Waals surface area contributed by atoms with E-state index in [2.05, 4.69) is 14.9 Å². The van der Waals surface area contributed by atoms with Crippen molar-refractivity contribution in [3.05, 3.63) is 47.8 Å². The van der Waals surface area contributed by atoms with Crippen molar-refractivity contribution in [2.45, 2.75) is 6.92 Å². The van der Waals surface area contributed by atoms with Gasteiger partial charge in [0.25, 0.3) is 5.91 Å². The predicted molar refractivity (Wildman–Crippen MR) is 87.9 cm³/mol. The summed E-state index contributed by atoms with van der Waals surface area (Å²) in [6.07, 6.45) is 3.47. The van der Waals surface area contributed by atoms with E-state index in [9.17, 15) is 4.79 Å². The fourth-order valence-corrected chi connectivity index (χ4v) is 2.72. The molecule has 0 N–H and O–H groups in total. The fourth-order valence-electron chi connectivity index (χ4n) is 2.72. The van der Waals surface area contributed by atoms with Gasteiger partial charge in [0.15, 0.2) is 0 Å². The molecule has 1 aromatic carbocycles. The predicted octanol–water partition coefficient (Wildman–Crippen LogP) is 1.76. The molecule has 23 heavy (non-hydrogen) atoms. The summed E-state index contributed by atoms with van der Waals surface area (Å²) >= 11 is 0. The van der Waals surface area contributed by atoms with Crippen LogP contribution in [-0.2, 0) is 0 Å². The van der Waals surface area contributed by atoms with E-state index in [0.717, 1.165) is 18.7 Å². The summed E-state index contributed by atoms with van der Waals surface area (Å²) in [5, 5.41) is 0. The third-order valence-electron chi connectivity index (χ3n) is 3.99. The normalized spacial score (nSPS) is 14.7. The number of hydrogen-bond acceptors (Lipinski definition) is 5. The molecule has 1 aromatic heterocycles. The van der Waals surface area contributed by atoms with Crippen molar-refractivity contribution in [2.24, 2.45) is 0 Å². The second-order valence-corrected chi connectivity index (χ2v) is 5.53. The number of carbonyl (C=O) groups is 1. The molecule has 1 aliphatic rings. The van der Waals surface area contributed by atoms with Gasteiger partial charge in [0.05, 0.1) is 12.7 Å². The molecule has 2 heterocycles. The third-order valence-corrected chi connectivity index (χ3v) is 3.99. The second kappa shape index (κ2) is 6.64. The zero-order valence-corrected chi connectivity index (χ0v) is 13.4. The van der Waals surface area contributed by atoms with Crippen LogP contribution in [0.2, 0.25) is 0 Å². The van der Waals surface area contributed by atoms with Crippen LogP contribution in [0, 0.1) is 6.92 Å². The summed E-state index contributed by atoms with van der Waals surface area (Å²) in [7, 11) is 1.59. The molecule has 6 heteroatoms. The molecule has 1 aliphatic heterocycles. The van der Waals surface area contributed by atoms with Crippen LogP contribution in [0.5, 0.6) is 5.75 Å². The molecule has 120 valence electrons. The Labute approximate surface area is 135 Å². The van der Waals surface area contributed by atoms with Gasteiger partial charge in [-0.3, -0.25) is 4.79 Å². The smallest absolute Gasteiger partial charge is 0.257 e. The Balaban J connectivity index is 1.70. The molecular weight excluding hydrogens is 292 g/mol. The van der Waals surface area contributed by atoms with E-state index in [0.29, 0.717) is 30.4 Å². The fraction of sp³-hybridized carbons (Fsp3) is 0.353. The largest absolute Gasteiger partial charge is 0.496 e. The summed E-state index contributed by atoms with van der Waals surface area (Å²) in [6.45, 7) is 4.72. The number of amides is 1. The molecule has 0 saturated carbocycles. The Morgan fingerprint density at radius 2 is 1.83 bits per heavy atom. The van der Waals surface area contributed by atoms with Crippen molar-refractivity contribution < 1.29 is 9.53 Å². The van der Waals surface area contributed by atoms with Crippen LogP contribution in [-0.4, -0.2) is 54.1 Å². The number of hydrogen-bond donors (Lipinski definition) is 0. The van der Waals surface area contributed by atoms with Gasteiger partial charge >= 0.3 is 0 Å². The highest BCUT2D eigenvalue weighted by atomic mass is 16.5. The van der Waals surface area contributed by atoms with E-state index in [1.165, 1.54) is 0 Å². The van der Waals surface area contributed by atoms with Crippen molar-refractivity contribution >= 4 is 11.9 Å². The lowest BCUT2D eigenvalue weighted by Gasteiger charge is -2.34. The van der Waals surface area contributed by atoms with Gasteiger partial charge in [0.1, 0.15) is 5.75 Å². The van der Waals surface area contributed by atoms with Crippen molar-refractivity contribution in [1.82, 2.24) is 14.9 Å². The van der Waals surface area contributed by atoms with E-state index < -0.39 is 0 Å². The first kappa shape index (κ1) is 15.3. The number of carbonyl (C=O) groups excluding carboxylic acids is 1. The van der Waals surface area contributed by atoms with Gasteiger partial charge in [0, 0.05) is 38.6 Å². The Morgan fingerprint density at radius 1 is 1.13 bits per heavy atom. The van der Waals surface area contributed by atoms with Crippen LogP contribution in [0.1, 0.15) is 15.9 Å². The molecule has 0 spiro atoms. The monoisotopic (exact) mass is 312 g/mol.